The fraction of sp³-hybridized carbons (Fsp3) is 0.222. The highest BCUT2D eigenvalue weighted by Crippen LogP contribution is 2.21. The summed E-state index contributed by atoms with van der Waals surface area (Å²) in [7, 11) is 1.93. The number of hydrogen-bond acceptors (Lipinski definition) is 1. The molecule has 0 bridgehead atoms. The van der Waals surface area contributed by atoms with E-state index in [9.17, 15) is 0 Å². The number of rotatable bonds is 0. The summed E-state index contributed by atoms with van der Waals surface area (Å²) in [5.74, 6) is 0. The van der Waals surface area contributed by atoms with Gasteiger partial charge in [-0.1, -0.05) is 0 Å². The molecule has 0 radical (unpaired) electrons. The first kappa shape index (κ1) is 6.40. The minimum Gasteiger partial charge on any atom is -0.275 e. The van der Waals surface area contributed by atoms with Crippen LogP contribution in [0.4, 0.5) is 0 Å². The zero-order valence-corrected chi connectivity index (χ0v) is 6.70. The molecule has 2 aliphatic rings. The van der Waals surface area contributed by atoms with Crippen molar-refractivity contribution in [1.29, 1.82) is 0 Å². The van der Waals surface area contributed by atoms with Crippen molar-refractivity contribution in [1.82, 2.24) is 9.78 Å². The van der Waals surface area contributed by atoms with Crippen molar-refractivity contribution >= 4 is 0 Å². The summed E-state index contributed by atoms with van der Waals surface area (Å²) < 4.78 is 1.82. The van der Waals surface area contributed by atoms with Crippen LogP contribution in [-0.2, 0) is 7.05 Å². The summed E-state index contributed by atoms with van der Waals surface area (Å²) in [6.07, 6.45) is 1.96. The Labute approximate surface area is 65.8 Å². The van der Waals surface area contributed by atoms with Gasteiger partial charge in [-0.3, -0.25) is 4.68 Å². The third-order valence-corrected chi connectivity index (χ3v) is 1.78. The van der Waals surface area contributed by atoms with Crippen molar-refractivity contribution in [2.24, 2.45) is 7.05 Å². The molecule has 0 aromatic heterocycles. The number of hydrogen-bond donors (Lipinski definition) is 0. The average Bonchev–Trinajstić information content (AvgIpc) is 2.27. The van der Waals surface area contributed by atoms with Gasteiger partial charge in [0.15, 0.2) is 0 Å². The second-order valence-electron chi connectivity index (χ2n) is 2.86. The summed E-state index contributed by atoms with van der Waals surface area (Å²) in [5.41, 5.74) is 3.58. The van der Waals surface area contributed by atoms with Gasteiger partial charge in [-0.2, -0.15) is 5.10 Å². The van der Waals surface area contributed by atoms with E-state index in [1.807, 2.05) is 17.9 Å². The second-order valence-corrected chi connectivity index (χ2v) is 2.86. The lowest BCUT2D eigenvalue weighted by atomic mass is 10.3. The van der Waals surface area contributed by atoms with Crippen molar-refractivity contribution in [2.45, 2.75) is 6.92 Å². The van der Waals surface area contributed by atoms with E-state index in [4.69, 9.17) is 0 Å². The van der Waals surface area contributed by atoms with Crippen LogP contribution in [0.5, 0.6) is 0 Å². The zero-order chi connectivity index (χ0) is 7.84. The fourth-order valence-corrected chi connectivity index (χ4v) is 1.27. The minimum atomic E-state index is 1.08. The molecule has 0 aromatic carbocycles. The predicted octanol–water partition coefficient (Wildman–Crippen LogP) is 1.83. The largest absolute Gasteiger partial charge is 0.275 e. The molecule has 0 fully saturated rings. The Morgan fingerprint density at radius 2 is 2.18 bits per heavy atom. The first-order valence-electron chi connectivity index (χ1n) is 3.66. The molecule has 0 N–H and O–H groups in total. The topological polar surface area (TPSA) is 17.8 Å². The summed E-state index contributed by atoms with van der Waals surface area (Å²) >= 11 is 0. The summed E-state index contributed by atoms with van der Waals surface area (Å²) in [6.45, 7) is 2.08. The molecule has 56 valence electrons. The van der Waals surface area contributed by atoms with E-state index in [-0.39, 0.29) is 0 Å². The molecule has 2 heteroatoms. The number of nitrogens with zero attached hydrogens (tertiary/aromatic N) is 2. The van der Waals surface area contributed by atoms with E-state index >= 15 is 0 Å². The van der Waals surface area contributed by atoms with Crippen LogP contribution >= 0.6 is 0 Å². The normalized spacial score (nSPS) is 10.7. The van der Waals surface area contributed by atoms with Gasteiger partial charge in [0.1, 0.15) is 0 Å². The molecule has 11 heavy (non-hydrogen) atoms. The Hall–Kier alpha value is -1.31. The Morgan fingerprint density at radius 1 is 1.36 bits per heavy atom. The third kappa shape index (κ3) is 1.00. The van der Waals surface area contributed by atoms with Crippen molar-refractivity contribution < 1.29 is 0 Å². The Bertz CT molecular complexity index is 349. The molecule has 2 nitrogen and oxygen atoms in total. The number of aromatic nitrogens is 2. The molecule has 0 aromatic rings. The number of fused-ring (bicyclic) bond motifs is 1. The smallest absolute Gasteiger partial charge is 0.0911 e. The molecule has 0 saturated heterocycles. The van der Waals surface area contributed by atoms with Crippen molar-refractivity contribution in [3.05, 3.63) is 30.0 Å². The van der Waals surface area contributed by atoms with Crippen molar-refractivity contribution in [3.8, 4) is 11.3 Å². The molecular weight excluding hydrogens is 136 g/mol. The molecule has 0 unspecified atom stereocenters. The van der Waals surface area contributed by atoms with E-state index in [1.165, 1.54) is 11.1 Å². The number of aryl methyl sites for hydroxylation is 2. The first-order valence-corrected chi connectivity index (χ1v) is 3.66. The summed E-state index contributed by atoms with van der Waals surface area (Å²) in [6, 6.07) is 6.31. The molecule has 0 atom stereocenters. The van der Waals surface area contributed by atoms with Gasteiger partial charge in [0.05, 0.1) is 5.69 Å². The SMILES string of the molecule is Cc1cc2ccn(C)nc-2c1. The lowest BCUT2D eigenvalue weighted by molar-refractivity contribution is 0.744. The van der Waals surface area contributed by atoms with E-state index in [0.717, 1.165) is 5.69 Å². The van der Waals surface area contributed by atoms with E-state index in [0.29, 0.717) is 0 Å². The molecular formula is C9H10N2. The average molecular weight is 146 g/mol. The summed E-state index contributed by atoms with van der Waals surface area (Å²) in [5, 5.41) is 4.31. The molecule has 1 heterocycles. The van der Waals surface area contributed by atoms with Gasteiger partial charge < -0.3 is 0 Å². The molecule has 0 amide bonds. The maximum absolute atomic E-state index is 4.31. The van der Waals surface area contributed by atoms with E-state index < -0.39 is 0 Å². The lowest BCUT2D eigenvalue weighted by Crippen LogP contribution is -1.96. The highest BCUT2D eigenvalue weighted by Gasteiger charge is 2.03. The van der Waals surface area contributed by atoms with Gasteiger partial charge in [-0.25, -0.2) is 0 Å². The van der Waals surface area contributed by atoms with Gasteiger partial charge in [-0.15, -0.1) is 0 Å². The van der Waals surface area contributed by atoms with Gasteiger partial charge in [0.25, 0.3) is 0 Å². The zero-order valence-electron chi connectivity index (χ0n) is 6.70. The van der Waals surface area contributed by atoms with Gasteiger partial charge in [-0.05, 0) is 30.7 Å². The Morgan fingerprint density at radius 3 is 3.00 bits per heavy atom. The van der Waals surface area contributed by atoms with Crippen LogP contribution in [-0.4, -0.2) is 9.78 Å². The third-order valence-electron chi connectivity index (χ3n) is 1.78. The van der Waals surface area contributed by atoms with Crippen LogP contribution in [0.25, 0.3) is 11.3 Å². The fourth-order valence-electron chi connectivity index (χ4n) is 1.27. The van der Waals surface area contributed by atoms with Crippen molar-refractivity contribution in [3.63, 3.8) is 0 Å². The van der Waals surface area contributed by atoms with Crippen molar-refractivity contribution in [2.75, 3.05) is 0 Å². The van der Waals surface area contributed by atoms with Crippen LogP contribution in [0, 0.1) is 6.92 Å². The predicted molar refractivity (Wildman–Crippen MR) is 44.6 cm³/mol. The second kappa shape index (κ2) is 2.09. The molecule has 1 aliphatic heterocycles. The van der Waals surface area contributed by atoms with Crippen LogP contribution < -0.4 is 0 Å². The van der Waals surface area contributed by atoms with E-state index in [2.05, 4.69) is 30.2 Å². The standard InChI is InChI=1S/C9H10N2/c1-7-5-8-3-4-11(2)10-9(8)6-7/h3-6H,1-2H3. The molecule has 2 rings (SSSR count). The van der Waals surface area contributed by atoms with Crippen LogP contribution in [0.3, 0.4) is 0 Å². The Kier molecular flexibility index (Phi) is 1.22. The van der Waals surface area contributed by atoms with Crippen LogP contribution in [0.15, 0.2) is 24.4 Å². The maximum Gasteiger partial charge on any atom is 0.0911 e. The van der Waals surface area contributed by atoms with Gasteiger partial charge in [0, 0.05) is 18.8 Å². The lowest BCUT2D eigenvalue weighted by Gasteiger charge is -1.99. The van der Waals surface area contributed by atoms with E-state index in [1.54, 1.807) is 0 Å². The monoisotopic (exact) mass is 146 g/mol. The van der Waals surface area contributed by atoms with Crippen LogP contribution in [0.1, 0.15) is 5.56 Å². The Balaban J connectivity index is 2.73. The molecule has 0 spiro atoms. The van der Waals surface area contributed by atoms with Gasteiger partial charge >= 0.3 is 0 Å². The highest BCUT2D eigenvalue weighted by atomic mass is 15.2. The minimum absolute atomic E-state index is 1.08. The quantitative estimate of drug-likeness (QED) is 0.554. The maximum atomic E-state index is 4.31. The van der Waals surface area contributed by atoms with Crippen LogP contribution in [0.2, 0.25) is 0 Å². The van der Waals surface area contributed by atoms with Gasteiger partial charge in [0.2, 0.25) is 0 Å². The molecule has 1 aliphatic carbocycles. The molecule has 0 saturated carbocycles. The first-order chi connectivity index (χ1) is 5.25. The highest BCUT2D eigenvalue weighted by molar-refractivity contribution is 5.63. The summed E-state index contributed by atoms with van der Waals surface area (Å²) in [4.78, 5) is 0.